The quantitative estimate of drug-likeness (QED) is 0.582. The summed E-state index contributed by atoms with van der Waals surface area (Å²) in [6.07, 6.45) is 3.06. The predicted molar refractivity (Wildman–Crippen MR) is 101 cm³/mol. The molecule has 1 aliphatic carbocycles. The topological polar surface area (TPSA) is 130 Å². The van der Waals surface area contributed by atoms with Gasteiger partial charge in [0.2, 0.25) is 5.91 Å². The molecule has 1 saturated carbocycles. The molecule has 4 heterocycles. The zero-order valence-corrected chi connectivity index (χ0v) is 15.3. The van der Waals surface area contributed by atoms with Crippen molar-refractivity contribution >= 4 is 40.7 Å². The van der Waals surface area contributed by atoms with E-state index >= 15 is 0 Å². The average molecular weight is 402 g/mol. The summed E-state index contributed by atoms with van der Waals surface area (Å²) in [5.41, 5.74) is -0.852. The third-order valence-electron chi connectivity index (χ3n) is 5.11. The van der Waals surface area contributed by atoms with Crippen LogP contribution in [0, 0.1) is 5.92 Å². The van der Waals surface area contributed by atoms with E-state index in [9.17, 15) is 14.4 Å². The molecule has 2 aliphatic heterocycles. The molecule has 0 unspecified atom stereocenters. The van der Waals surface area contributed by atoms with Gasteiger partial charge in [-0.3, -0.25) is 19.0 Å². The molecule has 144 valence electrons. The van der Waals surface area contributed by atoms with Crippen molar-refractivity contribution < 1.29 is 9.59 Å². The number of carbonyl (C=O) groups excluding carboxylic acids is 2. The van der Waals surface area contributed by atoms with Gasteiger partial charge in [-0.1, -0.05) is 11.6 Å². The van der Waals surface area contributed by atoms with Gasteiger partial charge in [0.25, 0.3) is 11.5 Å². The highest BCUT2D eigenvalue weighted by Gasteiger charge is 2.49. The van der Waals surface area contributed by atoms with Gasteiger partial charge in [0.05, 0.1) is 5.02 Å². The predicted octanol–water partition coefficient (Wildman–Crippen LogP) is 0.383. The van der Waals surface area contributed by atoms with Crippen molar-refractivity contribution in [2.45, 2.75) is 18.5 Å². The van der Waals surface area contributed by atoms with Crippen molar-refractivity contribution in [3.8, 4) is 0 Å². The SMILES string of the molecule is O=C1NC2(CNC2)n2c1c(Cl)cc(Nc1cc(NC(=O)C3CC3)ncn1)c2=O. The van der Waals surface area contributed by atoms with Crippen molar-refractivity contribution in [1.29, 1.82) is 0 Å². The number of amides is 2. The first-order valence-corrected chi connectivity index (χ1v) is 9.24. The van der Waals surface area contributed by atoms with Gasteiger partial charge in [-0.2, -0.15) is 0 Å². The molecule has 2 fully saturated rings. The number of rotatable bonds is 4. The smallest absolute Gasteiger partial charge is 0.277 e. The van der Waals surface area contributed by atoms with Gasteiger partial charge in [0.15, 0.2) is 0 Å². The summed E-state index contributed by atoms with van der Waals surface area (Å²) < 4.78 is 1.40. The van der Waals surface area contributed by atoms with Crippen LogP contribution in [0.3, 0.4) is 0 Å². The van der Waals surface area contributed by atoms with Gasteiger partial charge < -0.3 is 21.3 Å². The highest BCUT2D eigenvalue weighted by molar-refractivity contribution is 6.34. The van der Waals surface area contributed by atoms with Crippen molar-refractivity contribution in [1.82, 2.24) is 25.2 Å². The van der Waals surface area contributed by atoms with Crippen LogP contribution in [0.5, 0.6) is 0 Å². The van der Waals surface area contributed by atoms with Crippen LogP contribution in [0.1, 0.15) is 23.3 Å². The first kappa shape index (κ1) is 17.1. The maximum absolute atomic E-state index is 13.0. The van der Waals surface area contributed by atoms with E-state index in [4.69, 9.17) is 11.6 Å². The Hall–Kier alpha value is -2.98. The molecule has 5 rings (SSSR count). The highest BCUT2D eigenvalue weighted by Crippen LogP contribution is 2.32. The number of aromatic nitrogens is 3. The van der Waals surface area contributed by atoms with Gasteiger partial charge >= 0.3 is 0 Å². The van der Waals surface area contributed by atoms with Crippen molar-refractivity contribution in [3.05, 3.63) is 39.5 Å². The third kappa shape index (κ3) is 2.64. The Morgan fingerprint density at radius 1 is 1.21 bits per heavy atom. The Balaban J connectivity index is 1.47. The monoisotopic (exact) mass is 401 g/mol. The minimum Gasteiger partial charge on any atom is -0.336 e. The molecular formula is C17H16ClN7O3. The minimum absolute atomic E-state index is 0.0452. The van der Waals surface area contributed by atoms with E-state index in [1.54, 1.807) is 0 Å². The lowest BCUT2D eigenvalue weighted by Gasteiger charge is -2.40. The van der Waals surface area contributed by atoms with Crippen LogP contribution >= 0.6 is 11.6 Å². The van der Waals surface area contributed by atoms with Crippen LogP contribution in [0.2, 0.25) is 5.02 Å². The molecule has 2 aromatic heterocycles. The average Bonchev–Trinajstić information content (AvgIpc) is 3.42. The number of carbonyl (C=O) groups is 2. The second-order valence-corrected chi connectivity index (χ2v) is 7.57. The number of pyridine rings is 1. The number of fused-ring (bicyclic) bond motifs is 2. The molecule has 0 aromatic carbocycles. The number of nitrogens with zero attached hydrogens (tertiary/aromatic N) is 3. The molecular weight excluding hydrogens is 386 g/mol. The molecule has 2 aromatic rings. The largest absolute Gasteiger partial charge is 0.336 e. The van der Waals surface area contributed by atoms with E-state index < -0.39 is 5.66 Å². The second-order valence-electron chi connectivity index (χ2n) is 7.16. The summed E-state index contributed by atoms with van der Waals surface area (Å²) in [7, 11) is 0. The second kappa shape index (κ2) is 6.01. The fraction of sp³-hybridized carbons (Fsp3) is 0.353. The molecule has 2 amide bonds. The molecule has 3 aliphatic rings. The van der Waals surface area contributed by atoms with Crippen LogP contribution in [0.4, 0.5) is 17.3 Å². The molecule has 0 bridgehead atoms. The van der Waals surface area contributed by atoms with Crippen LogP contribution in [0.25, 0.3) is 0 Å². The molecule has 0 atom stereocenters. The summed E-state index contributed by atoms with van der Waals surface area (Å²) in [5.74, 6) is 0.270. The molecule has 10 nitrogen and oxygen atoms in total. The fourth-order valence-electron chi connectivity index (χ4n) is 3.43. The highest BCUT2D eigenvalue weighted by atomic mass is 35.5. The Labute approximate surface area is 163 Å². The Morgan fingerprint density at radius 2 is 1.96 bits per heavy atom. The summed E-state index contributed by atoms with van der Waals surface area (Å²) in [4.78, 5) is 45.3. The minimum atomic E-state index is -0.792. The number of hydrogen-bond donors (Lipinski definition) is 4. The lowest BCUT2D eigenvalue weighted by atomic mass is 10.0. The first-order chi connectivity index (χ1) is 13.5. The molecule has 0 radical (unpaired) electrons. The summed E-state index contributed by atoms with van der Waals surface area (Å²) in [6.45, 7) is 0.882. The number of nitrogens with one attached hydrogen (secondary N) is 4. The number of halogens is 1. The Morgan fingerprint density at radius 3 is 2.64 bits per heavy atom. The lowest BCUT2D eigenvalue weighted by molar-refractivity contribution is -0.117. The summed E-state index contributed by atoms with van der Waals surface area (Å²) >= 11 is 6.29. The third-order valence-corrected chi connectivity index (χ3v) is 5.40. The van der Waals surface area contributed by atoms with E-state index in [-0.39, 0.29) is 39.7 Å². The van der Waals surface area contributed by atoms with Crippen LogP contribution in [-0.4, -0.2) is 39.4 Å². The number of hydrogen-bond acceptors (Lipinski definition) is 7. The van der Waals surface area contributed by atoms with E-state index in [1.807, 2.05) is 0 Å². The summed E-state index contributed by atoms with van der Waals surface area (Å²) in [6, 6.07) is 2.95. The Kier molecular flexibility index (Phi) is 3.68. The van der Waals surface area contributed by atoms with Crippen molar-refractivity contribution in [3.63, 3.8) is 0 Å². The molecule has 11 heteroatoms. The summed E-state index contributed by atoms with van der Waals surface area (Å²) in [5, 5.41) is 11.7. The van der Waals surface area contributed by atoms with Crippen molar-refractivity contribution in [2.24, 2.45) is 5.92 Å². The molecule has 28 heavy (non-hydrogen) atoms. The maximum atomic E-state index is 13.0. The van der Waals surface area contributed by atoms with Crippen LogP contribution in [-0.2, 0) is 10.5 Å². The van der Waals surface area contributed by atoms with E-state index in [0.29, 0.717) is 24.7 Å². The van der Waals surface area contributed by atoms with E-state index in [2.05, 4.69) is 31.2 Å². The Bertz CT molecular complexity index is 1070. The zero-order chi connectivity index (χ0) is 19.5. The molecule has 4 N–H and O–H groups in total. The van der Waals surface area contributed by atoms with Gasteiger partial charge in [-0.25, -0.2) is 9.97 Å². The van der Waals surface area contributed by atoms with Gasteiger partial charge in [-0.05, 0) is 18.9 Å². The fourth-order valence-corrected chi connectivity index (χ4v) is 3.71. The lowest BCUT2D eigenvalue weighted by Crippen LogP contribution is -2.68. The van der Waals surface area contributed by atoms with Gasteiger partial charge in [0, 0.05) is 25.1 Å². The van der Waals surface area contributed by atoms with Crippen LogP contribution in [0.15, 0.2) is 23.3 Å². The molecule has 1 saturated heterocycles. The number of anilines is 3. The van der Waals surface area contributed by atoms with E-state index in [1.165, 1.54) is 23.0 Å². The maximum Gasteiger partial charge on any atom is 0.277 e. The zero-order valence-electron chi connectivity index (χ0n) is 14.6. The first-order valence-electron chi connectivity index (χ1n) is 8.86. The van der Waals surface area contributed by atoms with Crippen LogP contribution < -0.4 is 26.8 Å². The normalized spacial score (nSPS) is 19.0. The van der Waals surface area contributed by atoms with Crippen molar-refractivity contribution in [2.75, 3.05) is 23.7 Å². The van der Waals surface area contributed by atoms with Gasteiger partial charge in [0.1, 0.15) is 35.0 Å². The van der Waals surface area contributed by atoms with Gasteiger partial charge in [-0.15, -0.1) is 0 Å². The molecule has 1 spiro atoms. The standard InChI is InChI=1S/C17H16ClN7O3/c18-9-3-10(16(28)25-13(9)15(27)24-17(25)5-19-6-17)22-11-4-12(21-7-20-11)23-14(26)8-1-2-8/h3-4,7-8,19H,1-2,5-6H2,(H,24,27)(H2,20,21,22,23,26). The van der Waals surface area contributed by atoms with E-state index in [0.717, 1.165) is 12.8 Å².